The quantitative estimate of drug-likeness (QED) is 0.777. The van der Waals surface area contributed by atoms with Crippen LogP contribution in [-0.4, -0.2) is 11.8 Å². The Morgan fingerprint density at radius 3 is 2.44 bits per heavy atom. The number of allylic oxidation sites excluding steroid dienone is 1. The van der Waals surface area contributed by atoms with E-state index in [4.69, 9.17) is 0 Å². The molecule has 18 heavy (non-hydrogen) atoms. The highest BCUT2D eigenvalue weighted by Crippen LogP contribution is 1.98. The summed E-state index contributed by atoms with van der Waals surface area (Å²) in [4.78, 5) is 23.0. The first-order valence-electron chi connectivity index (χ1n) is 5.95. The van der Waals surface area contributed by atoms with E-state index in [0.717, 1.165) is 5.56 Å². The van der Waals surface area contributed by atoms with Crippen LogP contribution in [0.2, 0.25) is 0 Å². The van der Waals surface area contributed by atoms with Gasteiger partial charge in [0.25, 0.3) is 5.91 Å². The highest BCUT2D eigenvalue weighted by Gasteiger charge is 2.10. The number of amides is 2. The van der Waals surface area contributed by atoms with Gasteiger partial charge in [-0.05, 0) is 12.5 Å². The smallest absolute Gasteiger partial charge is 0.267 e. The third-order valence-corrected chi connectivity index (χ3v) is 2.42. The summed E-state index contributed by atoms with van der Waals surface area (Å²) in [6, 6.07) is 9.61. The molecule has 0 aliphatic rings. The molecule has 0 unspecified atom stereocenters. The molecular weight excluding hydrogens is 228 g/mol. The number of nitrogens with one attached hydrogen (secondary N) is 2. The topological polar surface area (TPSA) is 58.2 Å². The van der Waals surface area contributed by atoms with Gasteiger partial charge in [-0.15, -0.1) is 0 Å². The van der Waals surface area contributed by atoms with Crippen molar-refractivity contribution in [2.75, 3.05) is 0 Å². The van der Waals surface area contributed by atoms with Crippen molar-refractivity contribution in [1.82, 2.24) is 10.6 Å². The SMILES string of the molecule is C/C=C(/NC(=O)CC)C(=O)NCc1ccccc1. The third-order valence-electron chi connectivity index (χ3n) is 2.42. The minimum Gasteiger partial charge on any atom is -0.347 e. The molecule has 1 aromatic rings. The number of benzene rings is 1. The van der Waals surface area contributed by atoms with Gasteiger partial charge in [0, 0.05) is 13.0 Å². The van der Waals surface area contributed by atoms with E-state index < -0.39 is 0 Å². The van der Waals surface area contributed by atoms with Gasteiger partial charge in [-0.3, -0.25) is 9.59 Å². The number of carbonyl (C=O) groups is 2. The molecule has 1 aromatic carbocycles. The van der Waals surface area contributed by atoms with Gasteiger partial charge in [0.05, 0.1) is 0 Å². The van der Waals surface area contributed by atoms with Crippen LogP contribution < -0.4 is 10.6 Å². The molecule has 0 spiro atoms. The summed E-state index contributed by atoms with van der Waals surface area (Å²) in [7, 11) is 0. The van der Waals surface area contributed by atoms with Crippen molar-refractivity contribution >= 4 is 11.8 Å². The number of hydrogen-bond acceptors (Lipinski definition) is 2. The molecule has 0 radical (unpaired) electrons. The Hall–Kier alpha value is -2.10. The van der Waals surface area contributed by atoms with Crippen LogP contribution in [-0.2, 0) is 16.1 Å². The molecule has 0 heterocycles. The molecule has 4 nitrogen and oxygen atoms in total. The minimum absolute atomic E-state index is 0.169. The largest absolute Gasteiger partial charge is 0.347 e. The van der Waals surface area contributed by atoms with Crippen LogP contribution in [0, 0.1) is 0 Å². The zero-order chi connectivity index (χ0) is 13.4. The van der Waals surface area contributed by atoms with Crippen molar-refractivity contribution in [3.63, 3.8) is 0 Å². The lowest BCUT2D eigenvalue weighted by atomic mass is 10.2. The molecule has 0 saturated carbocycles. The first-order valence-corrected chi connectivity index (χ1v) is 5.95. The predicted octanol–water partition coefficient (Wildman–Crippen LogP) is 1.73. The van der Waals surface area contributed by atoms with Gasteiger partial charge in [-0.25, -0.2) is 0 Å². The normalized spacial score (nSPS) is 10.9. The monoisotopic (exact) mass is 246 g/mol. The highest BCUT2D eigenvalue weighted by atomic mass is 16.2. The van der Waals surface area contributed by atoms with Gasteiger partial charge >= 0.3 is 0 Å². The Kier molecular flexibility index (Phi) is 5.64. The molecule has 0 aliphatic carbocycles. The molecule has 0 fully saturated rings. The molecule has 4 heteroatoms. The Morgan fingerprint density at radius 2 is 1.89 bits per heavy atom. The van der Waals surface area contributed by atoms with Crippen LogP contribution in [0.1, 0.15) is 25.8 Å². The van der Waals surface area contributed by atoms with Crippen molar-refractivity contribution in [2.45, 2.75) is 26.8 Å². The van der Waals surface area contributed by atoms with Crippen molar-refractivity contribution in [3.8, 4) is 0 Å². The highest BCUT2D eigenvalue weighted by molar-refractivity contribution is 5.97. The summed E-state index contributed by atoms with van der Waals surface area (Å²) in [5.74, 6) is -0.443. The summed E-state index contributed by atoms with van der Waals surface area (Å²) in [6.07, 6.45) is 1.94. The van der Waals surface area contributed by atoms with Crippen LogP contribution in [0.15, 0.2) is 42.1 Å². The van der Waals surface area contributed by atoms with E-state index in [1.165, 1.54) is 0 Å². The van der Waals surface area contributed by atoms with Crippen LogP contribution in [0.3, 0.4) is 0 Å². The van der Waals surface area contributed by atoms with Crippen molar-refractivity contribution < 1.29 is 9.59 Å². The van der Waals surface area contributed by atoms with Crippen LogP contribution in [0.25, 0.3) is 0 Å². The molecule has 96 valence electrons. The summed E-state index contributed by atoms with van der Waals surface area (Å²) < 4.78 is 0. The fourth-order valence-electron chi connectivity index (χ4n) is 1.37. The zero-order valence-electron chi connectivity index (χ0n) is 10.7. The van der Waals surface area contributed by atoms with E-state index in [9.17, 15) is 9.59 Å². The van der Waals surface area contributed by atoms with E-state index >= 15 is 0 Å². The molecule has 1 rings (SSSR count). The summed E-state index contributed by atoms with van der Waals surface area (Å²) in [5, 5.41) is 5.32. The fraction of sp³-hybridized carbons (Fsp3) is 0.286. The van der Waals surface area contributed by atoms with E-state index in [1.54, 1.807) is 19.9 Å². The molecule has 0 atom stereocenters. The molecule has 2 amide bonds. The molecule has 0 bridgehead atoms. The lowest BCUT2D eigenvalue weighted by molar-refractivity contribution is -0.123. The van der Waals surface area contributed by atoms with Gasteiger partial charge in [0.1, 0.15) is 5.70 Å². The predicted molar refractivity (Wildman–Crippen MR) is 70.5 cm³/mol. The molecule has 0 aliphatic heterocycles. The lowest BCUT2D eigenvalue weighted by Crippen LogP contribution is -2.34. The molecular formula is C14H18N2O2. The lowest BCUT2D eigenvalue weighted by Gasteiger charge is -2.09. The maximum Gasteiger partial charge on any atom is 0.267 e. The van der Waals surface area contributed by atoms with Gasteiger partial charge in [-0.1, -0.05) is 43.3 Å². The average Bonchev–Trinajstić information content (AvgIpc) is 2.42. The van der Waals surface area contributed by atoms with Crippen LogP contribution in [0.4, 0.5) is 0 Å². The second-order valence-electron chi connectivity index (χ2n) is 3.77. The van der Waals surface area contributed by atoms with Gasteiger partial charge in [0.2, 0.25) is 5.91 Å². The standard InChI is InChI=1S/C14H18N2O2/c1-3-12(16-13(17)4-2)14(18)15-10-11-8-6-5-7-9-11/h3,5-9H,4,10H2,1-2H3,(H,15,18)(H,16,17)/b12-3+. The number of carbonyl (C=O) groups excluding carboxylic acids is 2. The average molecular weight is 246 g/mol. The minimum atomic E-state index is -0.275. The van der Waals surface area contributed by atoms with Crippen LogP contribution in [0.5, 0.6) is 0 Å². The van der Waals surface area contributed by atoms with E-state index in [0.29, 0.717) is 13.0 Å². The Labute approximate surface area is 107 Å². The van der Waals surface area contributed by atoms with Crippen molar-refractivity contribution in [3.05, 3.63) is 47.7 Å². The first kappa shape index (κ1) is 14.0. The summed E-state index contributed by atoms with van der Waals surface area (Å²) in [5.41, 5.74) is 1.31. The van der Waals surface area contributed by atoms with Gasteiger partial charge < -0.3 is 10.6 Å². The van der Waals surface area contributed by atoms with E-state index in [1.807, 2.05) is 30.3 Å². The Balaban J connectivity index is 2.51. The Morgan fingerprint density at radius 1 is 1.22 bits per heavy atom. The van der Waals surface area contributed by atoms with Gasteiger partial charge in [0.15, 0.2) is 0 Å². The number of rotatable bonds is 5. The second-order valence-corrected chi connectivity index (χ2v) is 3.77. The van der Waals surface area contributed by atoms with Crippen molar-refractivity contribution in [1.29, 1.82) is 0 Å². The molecule has 0 aromatic heterocycles. The van der Waals surface area contributed by atoms with E-state index in [-0.39, 0.29) is 17.5 Å². The third kappa shape index (κ3) is 4.41. The second kappa shape index (κ2) is 7.27. The van der Waals surface area contributed by atoms with Gasteiger partial charge in [-0.2, -0.15) is 0 Å². The molecule has 0 saturated heterocycles. The Bertz CT molecular complexity index is 438. The molecule has 2 N–H and O–H groups in total. The van der Waals surface area contributed by atoms with Crippen LogP contribution >= 0.6 is 0 Å². The van der Waals surface area contributed by atoms with E-state index in [2.05, 4.69) is 10.6 Å². The summed E-state index contributed by atoms with van der Waals surface area (Å²) in [6.45, 7) is 3.90. The first-order chi connectivity index (χ1) is 8.67. The summed E-state index contributed by atoms with van der Waals surface area (Å²) >= 11 is 0. The maximum absolute atomic E-state index is 11.8. The number of hydrogen-bond donors (Lipinski definition) is 2. The zero-order valence-corrected chi connectivity index (χ0v) is 10.7. The van der Waals surface area contributed by atoms with Crippen molar-refractivity contribution in [2.24, 2.45) is 0 Å². The fourth-order valence-corrected chi connectivity index (χ4v) is 1.37. The maximum atomic E-state index is 11.8.